The van der Waals surface area contributed by atoms with Gasteiger partial charge in [0.15, 0.2) is 5.76 Å². The number of hydrogen-bond donors (Lipinski definition) is 2. The summed E-state index contributed by atoms with van der Waals surface area (Å²) in [4.78, 5) is 0. The number of nitrogens with one attached hydrogen (secondary N) is 2. The quantitative estimate of drug-likeness (QED) is 0.173. The summed E-state index contributed by atoms with van der Waals surface area (Å²) in [7, 11) is 0. The second kappa shape index (κ2) is 11.7. The Hall–Kier alpha value is -4.31. The molecular weight excluding hydrogens is 453 g/mol. The van der Waals surface area contributed by atoms with Crippen molar-refractivity contribution in [1.29, 1.82) is 10.8 Å². The van der Waals surface area contributed by atoms with Crippen molar-refractivity contribution in [2.45, 2.75) is 26.3 Å². The first-order valence-electron chi connectivity index (χ1n) is 10.6. The topological polar surface area (TPSA) is 66.2 Å². The third-order valence-electron chi connectivity index (χ3n) is 4.84. The first-order valence-corrected chi connectivity index (χ1v) is 10.6. The number of allylic oxidation sites excluding steroid dienone is 1. The lowest BCUT2D eigenvalue weighted by Crippen LogP contribution is -2.12. The molecule has 0 fully saturated rings. The van der Waals surface area contributed by atoms with E-state index in [0.29, 0.717) is 5.56 Å². The molecule has 3 aromatic rings. The van der Waals surface area contributed by atoms with Crippen LogP contribution < -0.4 is 0 Å². The third kappa shape index (κ3) is 7.90. The van der Waals surface area contributed by atoms with Crippen LogP contribution in [-0.2, 0) is 28.9 Å². The predicted octanol–water partition coefficient (Wildman–Crippen LogP) is 6.68. The fourth-order valence-electron chi connectivity index (χ4n) is 3.08. The van der Waals surface area contributed by atoms with Crippen molar-refractivity contribution >= 4 is 11.6 Å². The standard InChI is InChI=1S/C28H23F3N2O2/c1-20-16-21(13-15-25(20)28(29,30)31)12-14-24(32)17-26(34-18-22-8-4-2-5-9-22)27(33)35-19-23-10-6-3-7-11-23/h2-11,13,15-17,32-33H,18-19H2,1H3/b26-17+,32-24?,33-27?. The maximum absolute atomic E-state index is 13.0. The highest BCUT2D eigenvalue weighted by atomic mass is 19.4. The number of halogens is 3. The molecule has 0 aromatic heterocycles. The molecule has 0 aliphatic carbocycles. The van der Waals surface area contributed by atoms with Crippen LogP contribution in [0.2, 0.25) is 0 Å². The molecule has 0 bridgehead atoms. The lowest BCUT2D eigenvalue weighted by molar-refractivity contribution is -0.138. The second-order valence-corrected chi connectivity index (χ2v) is 7.58. The van der Waals surface area contributed by atoms with E-state index in [9.17, 15) is 13.2 Å². The number of aryl methyl sites for hydroxylation is 1. The molecule has 0 radical (unpaired) electrons. The van der Waals surface area contributed by atoms with Gasteiger partial charge in [-0.2, -0.15) is 13.2 Å². The van der Waals surface area contributed by atoms with Crippen molar-refractivity contribution in [3.63, 3.8) is 0 Å². The van der Waals surface area contributed by atoms with E-state index in [2.05, 4.69) is 11.8 Å². The molecule has 0 saturated carbocycles. The maximum Gasteiger partial charge on any atom is 0.416 e. The normalized spacial score (nSPS) is 11.3. The van der Waals surface area contributed by atoms with E-state index in [0.717, 1.165) is 17.2 Å². The molecule has 2 N–H and O–H groups in total. The molecule has 0 spiro atoms. The van der Waals surface area contributed by atoms with Crippen molar-refractivity contribution in [3.05, 3.63) is 119 Å². The van der Waals surface area contributed by atoms with Crippen LogP contribution in [0.25, 0.3) is 0 Å². The minimum atomic E-state index is -4.43. The highest BCUT2D eigenvalue weighted by Gasteiger charge is 2.32. The number of ether oxygens (including phenoxy) is 2. The van der Waals surface area contributed by atoms with Gasteiger partial charge in [-0.25, -0.2) is 0 Å². The second-order valence-electron chi connectivity index (χ2n) is 7.58. The van der Waals surface area contributed by atoms with Gasteiger partial charge >= 0.3 is 6.18 Å². The minimum absolute atomic E-state index is 0.0210. The largest absolute Gasteiger partial charge is 0.483 e. The Morgan fingerprint density at radius 1 is 0.857 bits per heavy atom. The van der Waals surface area contributed by atoms with Gasteiger partial charge < -0.3 is 9.47 Å². The zero-order valence-electron chi connectivity index (χ0n) is 18.9. The van der Waals surface area contributed by atoms with Crippen LogP contribution >= 0.6 is 0 Å². The molecule has 0 aliphatic heterocycles. The van der Waals surface area contributed by atoms with Gasteiger partial charge in [0.1, 0.15) is 18.9 Å². The van der Waals surface area contributed by atoms with Crippen LogP contribution in [0.15, 0.2) is 90.7 Å². The zero-order chi connectivity index (χ0) is 25.3. The zero-order valence-corrected chi connectivity index (χ0v) is 18.9. The highest BCUT2D eigenvalue weighted by molar-refractivity contribution is 6.10. The first kappa shape index (κ1) is 25.3. The number of rotatable bonds is 7. The third-order valence-corrected chi connectivity index (χ3v) is 4.84. The molecule has 0 unspecified atom stereocenters. The molecule has 4 nitrogen and oxygen atoms in total. The number of alkyl halides is 3. The van der Waals surface area contributed by atoms with E-state index in [1.54, 1.807) is 0 Å². The minimum Gasteiger partial charge on any atom is -0.483 e. The Kier molecular flexibility index (Phi) is 8.47. The van der Waals surface area contributed by atoms with Gasteiger partial charge in [-0.3, -0.25) is 10.8 Å². The smallest absolute Gasteiger partial charge is 0.416 e. The fourth-order valence-corrected chi connectivity index (χ4v) is 3.08. The van der Waals surface area contributed by atoms with Crippen LogP contribution in [0.1, 0.15) is 27.8 Å². The molecule has 178 valence electrons. The van der Waals surface area contributed by atoms with E-state index in [1.165, 1.54) is 25.1 Å². The average Bonchev–Trinajstić information content (AvgIpc) is 2.84. The van der Waals surface area contributed by atoms with Crippen LogP contribution in [0.3, 0.4) is 0 Å². The summed E-state index contributed by atoms with van der Waals surface area (Å²) in [6, 6.07) is 22.2. The summed E-state index contributed by atoms with van der Waals surface area (Å²) in [6.45, 7) is 1.66. The highest BCUT2D eigenvalue weighted by Crippen LogP contribution is 2.31. The van der Waals surface area contributed by atoms with Gasteiger partial charge in [0.25, 0.3) is 0 Å². The van der Waals surface area contributed by atoms with Crippen molar-refractivity contribution in [3.8, 4) is 11.8 Å². The summed E-state index contributed by atoms with van der Waals surface area (Å²) in [6.07, 6.45) is -3.17. The van der Waals surface area contributed by atoms with Crippen LogP contribution in [-0.4, -0.2) is 11.6 Å². The molecule has 3 aromatic carbocycles. The van der Waals surface area contributed by atoms with Gasteiger partial charge in [-0.15, -0.1) is 0 Å². The van der Waals surface area contributed by atoms with Crippen molar-refractivity contribution in [2.24, 2.45) is 0 Å². The Morgan fingerprint density at radius 3 is 1.97 bits per heavy atom. The SMILES string of the molecule is Cc1cc(C#CC(=N)/C=C(/OCc2ccccc2)C(=N)OCc2ccccc2)ccc1C(F)(F)F. The van der Waals surface area contributed by atoms with E-state index in [-0.39, 0.29) is 36.1 Å². The Labute approximate surface area is 202 Å². The lowest BCUT2D eigenvalue weighted by Gasteiger charge is -2.13. The monoisotopic (exact) mass is 476 g/mol. The Morgan fingerprint density at radius 2 is 1.43 bits per heavy atom. The van der Waals surface area contributed by atoms with Crippen molar-refractivity contribution < 1.29 is 22.6 Å². The van der Waals surface area contributed by atoms with Gasteiger partial charge in [0, 0.05) is 11.6 Å². The van der Waals surface area contributed by atoms with Crippen LogP contribution in [0.5, 0.6) is 0 Å². The molecule has 0 saturated heterocycles. The summed E-state index contributed by atoms with van der Waals surface area (Å²) >= 11 is 0. The molecule has 0 atom stereocenters. The number of benzene rings is 3. The molecule has 35 heavy (non-hydrogen) atoms. The van der Waals surface area contributed by atoms with Gasteiger partial charge in [-0.1, -0.05) is 66.6 Å². The molecule has 3 rings (SSSR count). The first-order chi connectivity index (χ1) is 16.7. The van der Waals surface area contributed by atoms with Gasteiger partial charge in [0.2, 0.25) is 5.90 Å². The van der Waals surface area contributed by atoms with E-state index in [4.69, 9.17) is 20.3 Å². The number of hydrogen-bond acceptors (Lipinski definition) is 4. The van der Waals surface area contributed by atoms with E-state index >= 15 is 0 Å². The average molecular weight is 476 g/mol. The molecular formula is C28H23F3N2O2. The molecule has 0 amide bonds. The van der Waals surface area contributed by atoms with Crippen LogP contribution in [0.4, 0.5) is 13.2 Å². The maximum atomic E-state index is 13.0. The van der Waals surface area contributed by atoms with E-state index < -0.39 is 11.7 Å². The fraction of sp³-hybridized carbons (Fsp3) is 0.143. The summed E-state index contributed by atoms with van der Waals surface area (Å²) in [5, 5.41) is 16.5. The predicted molar refractivity (Wildman–Crippen MR) is 129 cm³/mol. The molecule has 0 aliphatic rings. The summed E-state index contributed by atoms with van der Waals surface area (Å²) in [5.41, 5.74) is 1.22. The molecule has 0 heterocycles. The van der Waals surface area contributed by atoms with Crippen molar-refractivity contribution in [2.75, 3.05) is 0 Å². The van der Waals surface area contributed by atoms with Gasteiger partial charge in [-0.05, 0) is 47.7 Å². The summed E-state index contributed by atoms with van der Waals surface area (Å²) < 4.78 is 50.2. The van der Waals surface area contributed by atoms with Gasteiger partial charge in [0.05, 0.1) is 5.56 Å². The summed E-state index contributed by atoms with van der Waals surface area (Å²) in [5.74, 6) is 5.03. The lowest BCUT2D eigenvalue weighted by atomic mass is 10.0. The Bertz CT molecular complexity index is 1270. The Balaban J connectivity index is 1.76. The van der Waals surface area contributed by atoms with Crippen LogP contribution in [0, 0.1) is 29.6 Å². The molecule has 7 heteroatoms. The van der Waals surface area contributed by atoms with Crippen molar-refractivity contribution in [1.82, 2.24) is 0 Å². The van der Waals surface area contributed by atoms with E-state index in [1.807, 2.05) is 60.7 Å².